The zero-order chi connectivity index (χ0) is 12.6. The van der Waals surface area contributed by atoms with E-state index in [-0.39, 0.29) is 0 Å². The summed E-state index contributed by atoms with van der Waals surface area (Å²) in [5.74, 6) is 1.63. The van der Waals surface area contributed by atoms with Gasteiger partial charge < -0.3 is 19.5 Å². The number of piperidine rings is 1. The maximum absolute atomic E-state index is 5.76. The van der Waals surface area contributed by atoms with Gasteiger partial charge in [0.05, 0.1) is 19.8 Å². The Morgan fingerprint density at radius 1 is 1.17 bits per heavy atom. The summed E-state index contributed by atoms with van der Waals surface area (Å²) in [6.07, 6.45) is 2.58. The average Bonchev–Trinajstić information content (AvgIpc) is 2.45. The maximum atomic E-state index is 5.76. The molecule has 0 aliphatic carbocycles. The maximum Gasteiger partial charge on any atom is 0.123 e. The van der Waals surface area contributed by atoms with Crippen LogP contribution >= 0.6 is 0 Å². The Hall–Kier alpha value is -1.26. The second-order valence-corrected chi connectivity index (χ2v) is 4.35. The van der Waals surface area contributed by atoms with Crippen LogP contribution < -0.4 is 14.8 Å². The second-order valence-electron chi connectivity index (χ2n) is 4.35. The molecule has 1 N–H and O–H groups in total. The number of ether oxygens (including phenoxy) is 3. The number of hydrogen-bond donors (Lipinski definition) is 1. The lowest BCUT2D eigenvalue weighted by atomic mass is 10.1. The van der Waals surface area contributed by atoms with Crippen molar-refractivity contribution in [3.05, 3.63) is 24.3 Å². The van der Waals surface area contributed by atoms with Gasteiger partial charge >= 0.3 is 0 Å². The second kappa shape index (κ2) is 7.24. The third-order valence-electron chi connectivity index (χ3n) is 3.03. The lowest BCUT2D eigenvalue weighted by molar-refractivity contribution is 0.0168. The standard InChI is InChI=1S/C14H21NO3/c1-16-13-3-2-4-14(11-13)18-10-9-17-12-5-7-15-8-6-12/h2-4,11-12,15H,5-10H2,1H3. The Labute approximate surface area is 108 Å². The molecule has 100 valence electrons. The van der Waals surface area contributed by atoms with Crippen LogP contribution in [-0.4, -0.2) is 39.5 Å². The summed E-state index contributed by atoms with van der Waals surface area (Å²) in [5, 5.41) is 3.32. The normalized spacial score (nSPS) is 16.5. The monoisotopic (exact) mass is 251 g/mol. The molecule has 4 heteroatoms. The highest BCUT2D eigenvalue weighted by atomic mass is 16.5. The third kappa shape index (κ3) is 4.20. The fourth-order valence-corrected chi connectivity index (χ4v) is 2.03. The summed E-state index contributed by atoms with van der Waals surface area (Å²) >= 11 is 0. The van der Waals surface area contributed by atoms with Gasteiger partial charge in [-0.1, -0.05) is 6.07 Å². The van der Waals surface area contributed by atoms with E-state index in [1.54, 1.807) is 7.11 Å². The average molecular weight is 251 g/mol. The van der Waals surface area contributed by atoms with Crippen LogP contribution in [0, 0.1) is 0 Å². The summed E-state index contributed by atoms with van der Waals surface area (Å²) in [6.45, 7) is 3.34. The van der Waals surface area contributed by atoms with Gasteiger partial charge in [0.15, 0.2) is 0 Å². The van der Waals surface area contributed by atoms with E-state index >= 15 is 0 Å². The Morgan fingerprint density at radius 3 is 2.72 bits per heavy atom. The molecule has 0 bridgehead atoms. The Balaban J connectivity index is 1.65. The van der Waals surface area contributed by atoms with Gasteiger partial charge in [0.2, 0.25) is 0 Å². The first-order valence-corrected chi connectivity index (χ1v) is 6.47. The van der Waals surface area contributed by atoms with E-state index in [2.05, 4.69) is 5.32 Å². The molecule has 1 aliphatic heterocycles. The SMILES string of the molecule is COc1cccc(OCCOC2CCNCC2)c1. The fourth-order valence-electron chi connectivity index (χ4n) is 2.03. The predicted molar refractivity (Wildman–Crippen MR) is 70.3 cm³/mol. The van der Waals surface area contributed by atoms with E-state index in [1.807, 2.05) is 24.3 Å². The molecule has 2 rings (SSSR count). The van der Waals surface area contributed by atoms with Gasteiger partial charge in [0, 0.05) is 6.07 Å². The van der Waals surface area contributed by atoms with Gasteiger partial charge in [-0.2, -0.15) is 0 Å². The number of methoxy groups -OCH3 is 1. The van der Waals surface area contributed by atoms with Gasteiger partial charge in [-0.3, -0.25) is 0 Å². The molecule has 0 spiro atoms. The van der Waals surface area contributed by atoms with E-state index in [4.69, 9.17) is 14.2 Å². The van der Waals surface area contributed by atoms with Gasteiger partial charge in [-0.05, 0) is 38.1 Å². The van der Waals surface area contributed by atoms with Gasteiger partial charge in [-0.25, -0.2) is 0 Å². The fraction of sp³-hybridized carbons (Fsp3) is 0.571. The van der Waals surface area contributed by atoms with Crippen molar-refractivity contribution < 1.29 is 14.2 Å². The molecule has 1 heterocycles. The van der Waals surface area contributed by atoms with E-state index in [9.17, 15) is 0 Å². The molecule has 0 aromatic heterocycles. The lowest BCUT2D eigenvalue weighted by Gasteiger charge is -2.22. The molecule has 0 radical (unpaired) electrons. The summed E-state index contributed by atoms with van der Waals surface area (Å²) in [6, 6.07) is 7.62. The highest BCUT2D eigenvalue weighted by Crippen LogP contribution is 2.18. The van der Waals surface area contributed by atoms with Crippen molar-refractivity contribution in [3.63, 3.8) is 0 Å². The summed E-state index contributed by atoms with van der Waals surface area (Å²) in [4.78, 5) is 0. The van der Waals surface area contributed by atoms with Crippen molar-refractivity contribution >= 4 is 0 Å². The van der Waals surface area contributed by atoms with Crippen LogP contribution in [0.4, 0.5) is 0 Å². The van der Waals surface area contributed by atoms with Gasteiger partial charge in [0.1, 0.15) is 18.1 Å². The topological polar surface area (TPSA) is 39.7 Å². The van der Waals surface area contributed by atoms with E-state index < -0.39 is 0 Å². The van der Waals surface area contributed by atoms with Crippen LogP contribution in [0.1, 0.15) is 12.8 Å². The van der Waals surface area contributed by atoms with Crippen LogP contribution in [0.25, 0.3) is 0 Å². The molecule has 0 unspecified atom stereocenters. The molecular weight excluding hydrogens is 230 g/mol. The molecule has 4 nitrogen and oxygen atoms in total. The summed E-state index contributed by atoms with van der Waals surface area (Å²) < 4.78 is 16.5. The minimum Gasteiger partial charge on any atom is -0.497 e. The van der Waals surface area contributed by atoms with Crippen molar-refractivity contribution in [3.8, 4) is 11.5 Å². The zero-order valence-corrected chi connectivity index (χ0v) is 10.9. The highest BCUT2D eigenvalue weighted by molar-refractivity contribution is 5.32. The first-order chi connectivity index (χ1) is 8.88. The van der Waals surface area contributed by atoms with Crippen molar-refractivity contribution in [2.24, 2.45) is 0 Å². The molecule has 1 aromatic carbocycles. The molecule has 0 saturated carbocycles. The summed E-state index contributed by atoms with van der Waals surface area (Å²) in [7, 11) is 1.65. The van der Waals surface area contributed by atoms with Crippen molar-refractivity contribution in [1.29, 1.82) is 0 Å². The van der Waals surface area contributed by atoms with Crippen LogP contribution in [0.5, 0.6) is 11.5 Å². The largest absolute Gasteiger partial charge is 0.497 e. The third-order valence-corrected chi connectivity index (χ3v) is 3.03. The zero-order valence-electron chi connectivity index (χ0n) is 10.9. The quantitative estimate of drug-likeness (QED) is 0.783. The number of hydrogen-bond acceptors (Lipinski definition) is 4. The van der Waals surface area contributed by atoms with Crippen molar-refractivity contribution in [2.45, 2.75) is 18.9 Å². The molecule has 18 heavy (non-hydrogen) atoms. The molecule has 1 aromatic rings. The Bertz CT molecular complexity index is 351. The van der Waals surface area contributed by atoms with Gasteiger partial charge in [-0.15, -0.1) is 0 Å². The molecular formula is C14H21NO3. The van der Waals surface area contributed by atoms with Crippen LogP contribution in [0.2, 0.25) is 0 Å². The summed E-state index contributed by atoms with van der Waals surface area (Å²) in [5.41, 5.74) is 0. The van der Waals surface area contributed by atoms with Crippen molar-refractivity contribution in [1.82, 2.24) is 5.32 Å². The Kier molecular flexibility index (Phi) is 5.30. The molecule has 1 fully saturated rings. The lowest BCUT2D eigenvalue weighted by Crippen LogP contribution is -2.33. The predicted octanol–water partition coefficient (Wildman–Crippen LogP) is 1.84. The van der Waals surface area contributed by atoms with Crippen molar-refractivity contribution in [2.75, 3.05) is 33.4 Å². The minimum absolute atomic E-state index is 0.389. The molecule has 1 saturated heterocycles. The van der Waals surface area contributed by atoms with E-state index in [0.717, 1.165) is 37.4 Å². The highest BCUT2D eigenvalue weighted by Gasteiger charge is 2.12. The van der Waals surface area contributed by atoms with E-state index in [0.29, 0.717) is 19.3 Å². The molecule has 1 aliphatic rings. The van der Waals surface area contributed by atoms with Gasteiger partial charge in [0.25, 0.3) is 0 Å². The number of nitrogens with one attached hydrogen (secondary N) is 1. The first kappa shape index (κ1) is 13.2. The molecule has 0 atom stereocenters. The number of benzene rings is 1. The molecule has 0 amide bonds. The van der Waals surface area contributed by atoms with Crippen LogP contribution in [-0.2, 0) is 4.74 Å². The van der Waals surface area contributed by atoms with Crippen LogP contribution in [0.15, 0.2) is 24.3 Å². The Morgan fingerprint density at radius 2 is 1.94 bits per heavy atom. The smallest absolute Gasteiger partial charge is 0.123 e. The van der Waals surface area contributed by atoms with E-state index in [1.165, 1.54) is 0 Å². The van der Waals surface area contributed by atoms with Crippen LogP contribution in [0.3, 0.4) is 0 Å². The first-order valence-electron chi connectivity index (χ1n) is 6.47. The number of rotatable bonds is 6. The minimum atomic E-state index is 0.389.